The van der Waals surface area contributed by atoms with Gasteiger partial charge in [0.2, 0.25) is 5.75 Å². The van der Waals surface area contributed by atoms with Crippen molar-refractivity contribution in [1.29, 1.82) is 5.26 Å². The molecule has 1 aromatic heterocycles. The Labute approximate surface area is 195 Å². The molecular weight excluding hydrogens is 473 g/mol. The maximum atomic E-state index is 12.9. The number of halogens is 3. The molecule has 0 aliphatic rings. The third kappa shape index (κ3) is 5.93. The van der Waals surface area contributed by atoms with E-state index in [2.05, 4.69) is 10.5 Å². The van der Waals surface area contributed by atoms with Crippen LogP contribution >= 0.6 is 0 Å². The molecule has 3 aromatic rings. The molecule has 0 radical (unpaired) electrons. The van der Waals surface area contributed by atoms with Gasteiger partial charge in [-0.2, -0.15) is 18.4 Å². The average Bonchev–Trinajstić information content (AvgIpc) is 3.21. The number of nitrogens with one attached hydrogen (secondary N) is 1. The van der Waals surface area contributed by atoms with Crippen LogP contribution in [0.25, 0.3) is 6.08 Å². The van der Waals surface area contributed by atoms with Crippen LogP contribution in [-0.2, 0) is 11.0 Å². The van der Waals surface area contributed by atoms with Gasteiger partial charge in [-0.1, -0.05) is 11.2 Å². The summed E-state index contributed by atoms with van der Waals surface area (Å²) in [5, 5.41) is 26.7. The number of nitrogens with zero attached hydrogens (tertiary/aromatic N) is 3. The van der Waals surface area contributed by atoms with E-state index in [0.29, 0.717) is 23.5 Å². The SMILES string of the molecule is COc1cc(/C=C(/C#N)C(=O)Nc2cc(C)on2)ccc1Oc1ccc(C(F)(F)F)cc1[N+](=O)[O-]. The molecule has 0 saturated heterocycles. The number of hydrogen-bond donors (Lipinski definition) is 1. The molecule has 3 rings (SSSR count). The summed E-state index contributed by atoms with van der Waals surface area (Å²) in [6, 6.07) is 9.18. The molecule has 13 heteroatoms. The van der Waals surface area contributed by atoms with Crippen LogP contribution in [0.4, 0.5) is 24.7 Å². The molecule has 2 aromatic carbocycles. The molecule has 35 heavy (non-hydrogen) atoms. The average molecular weight is 488 g/mol. The van der Waals surface area contributed by atoms with E-state index in [-0.39, 0.29) is 22.9 Å². The van der Waals surface area contributed by atoms with Crippen LogP contribution in [0.2, 0.25) is 0 Å². The third-order valence-electron chi connectivity index (χ3n) is 4.44. The Morgan fingerprint density at radius 1 is 1.20 bits per heavy atom. The molecule has 0 atom stereocenters. The molecule has 10 nitrogen and oxygen atoms in total. The Morgan fingerprint density at radius 2 is 1.91 bits per heavy atom. The monoisotopic (exact) mass is 488 g/mol. The highest BCUT2D eigenvalue weighted by atomic mass is 19.4. The second kappa shape index (κ2) is 9.96. The summed E-state index contributed by atoms with van der Waals surface area (Å²) >= 11 is 0. The number of carbonyl (C=O) groups is 1. The zero-order chi connectivity index (χ0) is 25.8. The minimum Gasteiger partial charge on any atom is -0.493 e. The van der Waals surface area contributed by atoms with Gasteiger partial charge in [0.15, 0.2) is 17.3 Å². The summed E-state index contributed by atoms with van der Waals surface area (Å²) in [5.41, 5.74) is -2.04. The smallest absolute Gasteiger partial charge is 0.416 e. The molecule has 0 aliphatic carbocycles. The van der Waals surface area contributed by atoms with Crippen molar-refractivity contribution in [3.05, 3.63) is 75.0 Å². The molecule has 1 heterocycles. The number of nitro groups is 1. The molecule has 0 spiro atoms. The van der Waals surface area contributed by atoms with Crippen LogP contribution < -0.4 is 14.8 Å². The minimum absolute atomic E-state index is 0.0396. The van der Waals surface area contributed by atoms with E-state index in [1.54, 1.807) is 13.0 Å². The van der Waals surface area contributed by atoms with E-state index in [0.717, 1.165) is 6.07 Å². The molecule has 0 fully saturated rings. The lowest BCUT2D eigenvalue weighted by molar-refractivity contribution is -0.385. The van der Waals surface area contributed by atoms with E-state index in [4.69, 9.17) is 14.0 Å². The van der Waals surface area contributed by atoms with Crippen LogP contribution in [0, 0.1) is 28.4 Å². The number of benzene rings is 2. The number of alkyl halides is 3. The first kappa shape index (κ1) is 24.8. The summed E-state index contributed by atoms with van der Waals surface area (Å²) in [7, 11) is 1.27. The minimum atomic E-state index is -4.77. The first-order valence-electron chi connectivity index (χ1n) is 9.60. The number of aromatic nitrogens is 1. The van der Waals surface area contributed by atoms with Gasteiger partial charge in [-0.25, -0.2) is 0 Å². The number of aryl methyl sites for hydroxylation is 1. The fraction of sp³-hybridized carbons (Fsp3) is 0.136. The Bertz CT molecular complexity index is 1360. The zero-order valence-electron chi connectivity index (χ0n) is 18.0. The molecule has 1 amide bonds. The van der Waals surface area contributed by atoms with Crippen LogP contribution in [0.15, 0.2) is 52.6 Å². The summed E-state index contributed by atoms with van der Waals surface area (Å²) in [6.45, 7) is 1.62. The highest BCUT2D eigenvalue weighted by molar-refractivity contribution is 6.09. The summed E-state index contributed by atoms with van der Waals surface area (Å²) < 4.78 is 54.3. The van der Waals surface area contributed by atoms with Crippen molar-refractivity contribution < 1.29 is 36.9 Å². The lowest BCUT2D eigenvalue weighted by Crippen LogP contribution is -2.13. The lowest BCUT2D eigenvalue weighted by Gasteiger charge is -2.13. The Kier molecular flexibility index (Phi) is 7.05. The summed E-state index contributed by atoms with van der Waals surface area (Å²) in [4.78, 5) is 22.6. The largest absolute Gasteiger partial charge is 0.493 e. The van der Waals surface area contributed by atoms with E-state index in [1.165, 1.54) is 37.5 Å². The number of carbonyl (C=O) groups excluding carboxylic acids is 1. The van der Waals surface area contributed by atoms with E-state index in [9.17, 15) is 33.3 Å². The highest BCUT2D eigenvalue weighted by Gasteiger charge is 2.33. The van der Waals surface area contributed by atoms with Crippen molar-refractivity contribution in [2.24, 2.45) is 0 Å². The molecule has 0 aliphatic heterocycles. The van der Waals surface area contributed by atoms with Crippen molar-refractivity contribution >= 4 is 23.5 Å². The van der Waals surface area contributed by atoms with Crippen LogP contribution in [0.1, 0.15) is 16.9 Å². The fourth-order valence-electron chi connectivity index (χ4n) is 2.82. The maximum Gasteiger partial charge on any atom is 0.416 e. The number of anilines is 1. The van der Waals surface area contributed by atoms with Gasteiger partial charge < -0.3 is 19.3 Å². The highest BCUT2D eigenvalue weighted by Crippen LogP contribution is 2.40. The molecular formula is C22H15F3N4O6. The fourth-order valence-corrected chi connectivity index (χ4v) is 2.82. The first-order valence-corrected chi connectivity index (χ1v) is 9.60. The van der Waals surface area contributed by atoms with Gasteiger partial charge in [-0.05, 0) is 42.8 Å². The number of nitriles is 1. The van der Waals surface area contributed by atoms with Gasteiger partial charge in [-0.15, -0.1) is 0 Å². The van der Waals surface area contributed by atoms with Gasteiger partial charge in [0.25, 0.3) is 5.91 Å². The van der Waals surface area contributed by atoms with Gasteiger partial charge >= 0.3 is 11.9 Å². The second-order valence-corrected chi connectivity index (χ2v) is 6.90. The Morgan fingerprint density at radius 3 is 2.49 bits per heavy atom. The summed E-state index contributed by atoms with van der Waals surface area (Å²) in [6.07, 6.45) is -3.53. The van der Waals surface area contributed by atoms with Gasteiger partial charge in [-0.3, -0.25) is 14.9 Å². The number of amides is 1. The van der Waals surface area contributed by atoms with Crippen molar-refractivity contribution in [2.45, 2.75) is 13.1 Å². The first-order chi connectivity index (χ1) is 16.5. The zero-order valence-corrected chi connectivity index (χ0v) is 18.0. The lowest BCUT2D eigenvalue weighted by atomic mass is 10.1. The number of rotatable bonds is 7. The second-order valence-electron chi connectivity index (χ2n) is 6.90. The predicted octanol–water partition coefficient (Wildman–Crippen LogP) is 5.26. The Balaban J connectivity index is 1.89. The van der Waals surface area contributed by atoms with Gasteiger partial charge in [0, 0.05) is 12.1 Å². The van der Waals surface area contributed by atoms with Crippen LogP contribution in [0.3, 0.4) is 0 Å². The van der Waals surface area contributed by atoms with E-state index < -0.39 is 34.0 Å². The van der Waals surface area contributed by atoms with Crippen LogP contribution in [0.5, 0.6) is 17.2 Å². The molecule has 0 saturated carbocycles. The van der Waals surface area contributed by atoms with E-state index >= 15 is 0 Å². The number of ether oxygens (including phenoxy) is 2. The Hall–Kier alpha value is -4.86. The topological polar surface area (TPSA) is 141 Å². The van der Waals surface area contributed by atoms with Crippen molar-refractivity contribution in [1.82, 2.24) is 5.16 Å². The molecule has 1 N–H and O–H groups in total. The molecule has 0 bridgehead atoms. The predicted molar refractivity (Wildman–Crippen MR) is 115 cm³/mol. The van der Waals surface area contributed by atoms with Crippen LogP contribution in [-0.4, -0.2) is 23.1 Å². The molecule has 0 unspecified atom stereocenters. The standard InChI is InChI=1S/C22H15F3N4O6/c1-12-7-20(28-35-12)27-21(30)14(11-26)8-13-3-5-18(19(9-13)33-2)34-17-6-4-15(22(23,24)25)10-16(17)29(31)32/h3-10H,1-2H3,(H,27,28,30)/b14-8-. The number of hydrogen-bond acceptors (Lipinski definition) is 8. The maximum absolute atomic E-state index is 12.9. The quantitative estimate of drug-likeness (QED) is 0.206. The third-order valence-corrected chi connectivity index (χ3v) is 4.44. The van der Waals surface area contributed by atoms with Crippen molar-refractivity contribution in [3.8, 4) is 23.3 Å². The summed E-state index contributed by atoms with van der Waals surface area (Å²) in [5.74, 6) is -0.624. The van der Waals surface area contributed by atoms with Crippen molar-refractivity contribution in [3.63, 3.8) is 0 Å². The number of methoxy groups -OCH3 is 1. The van der Waals surface area contributed by atoms with Gasteiger partial charge in [0.1, 0.15) is 17.4 Å². The van der Waals surface area contributed by atoms with Gasteiger partial charge in [0.05, 0.1) is 17.6 Å². The normalized spacial score (nSPS) is 11.5. The van der Waals surface area contributed by atoms with Crippen molar-refractivity contribution in [2.75, 3.05) is 12.4 Å². The molecule has 180 valence electrons. The number of nitro benzene ring substituents is 1. The van der Waals surface area contributed by atoms with E-state index in [1.807, 2.05) is 0 Å².